The Morgan fingerprint density at radius 3 is 2.56 bits per heavy atom. The minimum absolute atomic E-state index is 0.00800. The van der Waals surface area contributed by atoms with E-state index in [1.54, 1.807) is 0 Å². The number of nitrogens with zero attached hydrogens (tertiary/aromatic N) is 1. The lowest BCUT2D eigenvalue weighted by atomic mass is 10.2. The first-order valence-electron chi connectivity index (χ1n) is 6.35. The molecule has 0 aromatic heterocycles. The Balaban J connectivity index is 1.94. The fourth-order valence-electron chi connectivity index (χ4n) is 1.81. The van der Waals surface area contributed by atoms with Crippen molar-refractivity contribution in [2.24, 2.45) is 0 Å². The Labute approximate surface area is 98.5 Å². The Morgan fingerprint density at radius 1 is 1.12 bits per heavy atom. The molecular weight excluding hydrogens is 206 g/mol. The third-order valence-electron chi connectivity index (χ3n) is 2.84. The van der Waals surface area contributed by atoms with E-state index in [2.05, 4.69) is 11.9 Å². The lowest BCUT2D eigenvalue weighted by Crippen LogP contribution is -2.30. The van der Waals surface area contributed by atoms with Gasteiger partial charge in [-0.15, -0.1) is 0 Å². The molecule has 0 amide bonds. The van der Waals surface area contributed by atoms with Gasteiger partial charge in [0.15, 0.2) is 6.29 Å². The zero-order chi connectivity index (χ0) is 11.6. The number of ether oxygens (including phenoxy) is 2. The molecule has 1 rings (SSSR count). The molecule has 1 saturated heterocycles. The third-order valence-corrected chi connectivity index (χ3v) is 2.84. The molecule has 0 bridgehead atoms. The van der Waals surface area contributed by atoms with Crippen LogP contribution in [0.3, 0.4) is 0 Å². The molecule has 96 valence electrons. The number of rotatable bonds is 8. The molecule has 0 unspecified atom stereocenters. The highest BCUT2D eigenvalue weighted by atomic mass is 16.7. The number of aliphatic hydroxyl groups excluding tert-OH is 1. The minimum Gasteiger partial charge on any atom is -0.396 e. The van der Waals surface area contributed by atoms with Crippen LogP contribution >= 0.6 is 0 Å². The molecule has 1 fully saturated rings. The van der Waals surface area contributed by atoms with Gasteiger partial charge < -0.3 is 19.5 Å². The van der Waals surface area contributed by atoms with Gasteiger partial charge in [0.25, 0.3) is 0 Å². The summed E-state index contributed by atoms with van der Waals surface area (Å²) in [5, 5.41) is 8.66. The maximum absolute atomic E-state index is 8.66. The standard InChI is InChI=1S/C12H25NO3/c1-13(7-3-2-4-9-14)8-6-12-15-10-5-11-16-12/h12,14H,2-11H2,1H3. The molecule has 4 nitrogen and oxygen atoms in total. The fourth-order valence-corrected chi connectivity index (χ4v) is 1.81. The van der Waals surface area contributed by atoms with E-state index < -0.39 is 0 Å². The predicted molar refractivity (Wildman–Crippen MR) is 63.4 cm³/mol. The van der Waals surface area contributed by atoms with Crippen LogP contribution in [0.25, 0.3) is 0 Å². The van der Waals surface area contributed by atoms with Gasteiger partial charge in [0.05, 0.1) is 13.2 Å². The van der Waals surface area contributed by atoms with Gasteiger partial charge in [-0.1, -0.05) is 0 Å². The highest BCUT2D eigenvalue weighted by molar-refractivity contribution is 4.57. The molecule has 0 radical (unpaired) electrons. The van der Waals surface area contributed by atoms with E-state index in [0.717, 1.165) is 58.4 Å². The van der Waals surface area contributed by atoms with Crippen molar-refractivity contribution in [3.8, 4) is 0 Å². The summed E-state index contributed by atoms with van der Waals surface area (Å²) in [5.74, 6) is 0. The van der Waals surface area contributed by atoms with Crippen LogP contribution in [-0.4, -0.2) is 56.3 Å². The fraction of sp³-hybridized carbons (Fsp3) is 1.00. The summed E-state index contributed by atoms with van der Waals surface area (Å²) in [4.78, 5) is 2.30. The highest BCUT2D eigenvalue weighted by Crippen LogP contribution is 2.09. The van der Waals surface area contributed by atoms with Crippen LogP contribution in [0.1, 0.15) is 32.1 Å². The van der Waals surface area contributed by atoms with E-state index in [0.29, 0.717) is 6.61 Å². The van der Waals surface area contributed by atoms with Crippen molar-refractivity contribution in [3.05, 3.63) is 0 Å². The topological polar surface area (TPSA) is 41.9 Å². The summed E-state index contributed by atoms with van der Waals surface area (Å²) in [5.41, 5.74) is 0. The average Bonchev–Trinajstić information content (AvgIpc) is 2.33. The number of hydrogen-bond acceptors (Lipinski definition) is 4. The second kappa shape index (κ2) is 8.93. The van der Waals surface area contributed by atoms with Crippen molar-refractivity contribution >= 4 is 0 Å². The molecule has 0 saturated carbocycles. The largest absolute Gasteiger partial charge is 0.396 e. The van der Waals surface area contributed by atoms with Crippen LogP contribution in [0.15, 0.2) is 0 Å². The van der Waals surface area contributed by atoms with E-state index in [4.69, 9.17) is 14.6 Å². The van der Waals surface area contributed by atoms with Gasteiger partial charge in [-0.25, -0.2) is 0 Å². The average molecular weight is 231 g/mol. The van der Waals surface area contributed by atoms with E-state index in [1.807, 2.05) is 0 Å². The lowest BCUT2D eigenvalue weighted by Gasteiger charge is -2.25. The van der Waals surface area contributed by atoms with Gasteiger partial charge in [0, 0.05) is 19.6 Å². The van der Waals surface area contributed by atoms with Gasteiger partial charge in [-0.2, -0.15) is 0 Å². The highest BCUT2D eigenvalue weighted by Gasteiger charge is 2.14. The first-order valence-corrected chi connectivity index (χ1v) is 6.35. The van der Waals surface area contributed by atoms with Crippen molar-refractivity contribution < 1.29 is 14.6 Å². The molecule has 4 heteroatoms. The Kier molecular flexibility index (Phi) is 7.76. The van der Waals surface area contributed by atoms with Gasteiger partial charge in [-0.05, 0) is 39.3 Å². The van der Waals surface area contributed by atoms with Crippen LogP contribution in [-0.2, 0) is 9.47 Å². The summed E-state index contributed by atoms with van der Waals surface area (Å²) in [6, 6.07) is 0. The Hall–Kier alpha value is -0.160. The van der Waals surface area contributed by atoms with E-state index >= 15 is 0 Å². The predicted octanol–water partition coefficient (Wildman–Crippen LogP) is 1.23. The molecule has 0 aliphatic carbocycles. The van der Waals surface area contributed by atoms with Crippen LogP contribution in [0.5, 0.6) is 0 Å². The molecule has 0 atom stereocenters. The number of hydrogen-bond donors (Lipinski definition) is 1. The second-order valence-electron chi connectivity index (χ2n) is 4.40. The number of aliphatic hydroxyl groups is 1. The lowest BCUT2D eigenvalue weighted by molar-refractivity contribution is -0.182. The van der Waals surface area contributed by atoms with Gasteiger partial charge in [0.2, 0.25) is 0 Å². The van der Waals surface area contributed by atoms with Gasteiger partial charge >= 0.3 is 0 Å². The minimum atomic E-state index is 0.00800. The van der Waals surface area contributed by atoms with E-state index in [1.165, 1.54) is 0 Å². The summed E-state index contributed by atoms with van der Waals surface area (Å²) in [6.45, 7) is 4.10. The van der Waals surface area contributed by atoms with Crippen molar-refractivity contribution in [1.29, 1.82) is 0 Å². The monoisotopic (exact) mass is 231 g/mol. The summed E-state index contributed by atoms with van der Waals surface area (Å²) >= 11 is 0. The third kappa shape index (κ3) is 6.43. The Morgan fingerprint density at radius 2 is 1.88 bits per heavy atom. The maximum atomic E-state index is 8.66. The quantitative estimate of drug-likeness (QED) is 0.638. The molecule has 1 aliphatic rings. The smallest absolute Gasteiger partial charge is 0.158 e. The Bertz CT molecular complexity index is 160. The second-order valence-corrected chi connectivity index (χ2v) is 4.40. The van der Waals surface area contributed by atoms with Crippen LogP contribution in [0, 0.1) is 0 Å². The molecule has 0 aromatic carbocycles. The van der Waals surface area contributed by atoms with Gasteiger partial charge in [0.1, 0.15) is 0 Å². The van der Waals surface area contributed by atoms with Crippen LogP contribution in [0.2, 0.25) is 0 Å². The van der Waals surface area contributed by atoms with Crippen molar-refractivity contribution in [1.82, 2.24) is 4.90 Å². The molecule has 0 aromatic rings. The van der Waals surface area contributed by atoms with Crippen molar-refractivity contribution in [2.45, 2.75) is 38.4 Å². The molecule has 1 aliphatic heterocycles. The van der Waals surface area contributed by atoms with Gasteiger partial charge in [-0.3, -0.25) is 0 Å². The van der Waals surface area contributed by atoms with E-state index in [9.17, 15) is 0 Å². The molecule has 1 heterocycles. The van der Waals surface area contributed by atoms with Crippen molar-refractivity contribution in [3.63, 3.8) is 0 Å². The van der Waals surface area contributed by atoms with E-state index in [-0.39, 0.29) is 6.29 Å². The summed E-state index contributed by atoms with van der Waals surface area (Å²) < 4.78 is 11.0. The first kappa shape index (κ1) is 13.9. The maximum Gasteiger partial charge on any atom is 0.158 e. The number of unbranched alkanes of at least 4 members (excludes halogenated alkanes) is 2. The van der Waals surface area contributed by atoms with Crippen LogP contribution in [0.4, 0.5) is 0 Å². The molecular formula is C12H25NO3. The molecule has 0 spiro atoms. The molecule has 16 heavy (non-hydrogen) atoms. The zero-order valence-corrected chi connectivity index (χ0v) is 10.4. The summed E-state index contributed by atoms with van der Waals surface area (Å²) in [6.07, 6.45) is 5.17. The summed E-state index contributed by atoms with van der Waals surface area (Å²) in [7, 11) is 2.13. The zero-order valence-electron chi connectivity index (χ0n) is 10.4. The SMILES string of the molecule is CN(CCCCCO)CCC1OCCCO1. The normalized spacial score (nSPS) is 18.2. The van der Waals surface area contributed by atoms with Crippen molar-refractivity contribution in [2.75, 3.05) is 40.0 Å². The first-order chi connectivity index (χ1) is 7.83. The molecule has 1 N–H and O–H groups in total. The van der Waals surface area contributed by atoms with Crippen LogP contribution < -0.4 is 0 Å².